The zero-order valence-electron chi connectivity index (χ0n) is 23.3. The maximum absolute atomic E-state index is 12.9. The highest BCUT2D eigenvalue weighted by Crippen LogP contribution is 2.36. The number of fused-ring (bicyclic) bond motifs is 1. The summed E-state index contributed by atoms with van der Waals surface area (Å²) in [6, 6.07) is 3.02. The molecular weight excluding hydrogens is 557 g/mol. The molecule has 1 aliphatic carbocycles. The summed E-state index contributed by atoms with van der Waals surface area (Å²) >= 11 is 1.01. The predicted molar refractivity (Wildman–Crippen MR) is 153 cm³/mol. The SMILES string of the molecule is C=C/C(=C\C=C(/C)CN[C@H]1C[C@@H](O)[C@@H](N(C)c2ncnc3sc(CC(F)(F)F)cc23)C1)c1cc(OC)c(OC)nn1. The minimum Gasteiger partial charge on any atom is -0.491 e. The molecule has 0 saturated heterocycles. The van der Waals surface area contributed by atoms with E-state index in [0.717, 1.165) is 22.5 Å². The van der Waals surface area contributed by atoms with Gasteiger partial charge in [0.05, 0.1) is 43.9 Å². The summed E-state index contributed by atoms with van der Waals surface area (Å²) in [6.45, 7) is 6.46. The number of rotatable bonds is 11. The third-order valence-electron chi connectivity index (χ3n) is 6.93. The number of thiophene rings is 1. The topological polar surface area (TPSA) is 106 Å². The van der Waals surface area contributed by atoms with Gasteiger partial charge < -0.3 is 24.8 Å². The van der Waals surface area contributed by atoms with E-state index in [0.29, 0.717) is 52.7 Å². The van der Waals surface area contributed by atoms with Crippen LogP contribution in [-0.2, 0) is 6.42 Å². The Balaban J connectivity index is 1.40. The molecule has 0 radical (unpaired) electrons. The first-order valence-corrected chi connectivity index (χ1v) is 13.7. The summed E-state index contributed by atoms with van der Waals surface area (Å²) in [6.07, 6.45) is 2.14. The third-order valence-corrected chi connectivity index (χ3v) is 7.98. The molecule has 0 aromatic carbocycles. The monoisotopic (exact) mass is 590 g/mol. The smallest absolute Gasteiger partial charge is 0.393 e. The molecule has 1 fully saturated rings. The second kappa shape index (κ2) is 13.0. The van der Waals surface area contributed by atoms with E-state index in [4.69, 9.17) is 9.47 Å². The number of nitrogens with one attached hydrogen (secondary N) is 1. The number of nitrogens with zero attached hydrogens (tertiary/aromatic N) is 5. The fourth-order valence-electron chi connectivity index (χ4n) is 4.84. The minimum atomic E-state index is -4.30. The standard InChI is InChI=1S/C28H33F3N6O3S/c1-6-17(21-12-24(39-4)26(40-5)36-35-21)8-7-16(2)14-32-18-9-22(23(38)10-18)37(3)25-20-11-19(13-28(29,30)31)41-27(20)34-15-33-25/h6-8,11-12,15,18,22-23,32,38H,1,9-10,13-14H2,2-5H3/b16-7+,17-8+/t18-,22+,23-/m1/s1. The molecular formula is C28H33F3N6O3S. The number of methoxy groups -OCH3 is 2. The van der Waals surface area contributed by atoms with Crippen molar-refractivity contribution in [3.05, 3.63) is 59.4 Å². The number of likely N-dealkylation sites (N-methyl/N-ethyl adjacent to an activating group) is 1. The maximum atomic E-state index is 12.9. The number of hydrogen-bond donors (Lipinski definition) is 2. The fourth-order valence-corrected chi connectivity index (χ4v) is 5.86. The van der Waals surface area contributed by atoms with Crippen LogP contribution in [0.15, 0.2) is 48.8 Å². The van der Waals surface area contributed by atoms with Gasteiger partial charge in [0.15, 0.2) is 5.75 Å². The van der Waals surface area contributed by atoms with Crippen molar-refractivity contribution in [2.45, 2.75) is 50.6 Å². The summed E-state index contributed by atoms with van der Waals surface area (Å²) in [7, 11) is 4.83. The van der Waals surface area contributed by atoms with Gasteiger partial charge in [0.2, 0.25) is 0 Å². The zero-order chi connectivity index (χ0) is 29.7. The molecule has 0 spiro atoms. The average molecular weight is 591 g/mol. The van der Waals surface area contributed by atoms with E-state index in [1.54, 1.807) is 12.1 Å². The van der Waals surface area contributed by atoms with E-state index < -0.39 is 18.7 Å². The molecule has 2 N–H and O–H groups in total. The van der Waals surface area contributed by atoms with Crippen LogP contribution >= 0.6 is 11.3 Å². The molecule has 4 rings (SSSR count). The van der Waals surface area contributed by atoms with E-state index in [1.807, 2.05) is 31.0 Å². The first-order chi connectivity index (χ1) is 19.5. The number of aliphatic hydroxyl groups is 1. The van der Waals surface area contributed by atoms with Gasteiger partial charge in [-0.15, -0.1) is 21.5 Å². The first-order valence-electron chi connectivity index (χ1n) is 12.9. The summed E-state index contributed by atoms with van der Waals surface area (Å²) in [4.78, 5) is 11.0. The Labute approximate surface area is 240 Å². The molecule has 0 aliphatic heterocycles. The molecule has 220 valence electrons. The molecule has 3 aromatic rings. The van der Waals surface area contributed by atoms with Gasteiger partial charge in [0, 0.05) is 36.2 Å². The first kappa shape index (κ1) is 30.4. The van der Waals surface area contributed by atoms with E-state index in [-0.39, 0.29) is 17.0 Å². The molecule has 1 saturated carbocycles. The molecule has 1 aliphatic rings. The normalized spacial score (nSPS) is 20.0. The molecule has 0 bridgehead atoms. The van der Waals surface area contributed by atoms with Crippen molar-refractivity contribution in [2.75, 3.05) is 32.7 Å². The quantitative estimate of drug-likeness (QED) is 0.307. The largest absolute Gasteiger partial charge is 0.491 e. The maximum Gasteiger partial charge on any atom is 0.393 e. The average Bonchev–Trinajstić information content (AvgIpc) is 3.52. The molecule has 3 atom stereocenters. The van der Waals surface area contributed by atoms with Crippen LogP contribution in [0.25, 0.3) is 15.8 Å². The van der Waals surface area contributed by atoms with Crippen molar-refractivity contribution in [1.82, 2.24) is 25.5 Å². The molecule has 9 nitrogen and oxygen atoms in total. The van der Waals surface area contributed by atoms with Crippen LogP contribution < -0.4 is 19.7 Å². The molecule has 3 aromatic heterocycles. The number of hydrogen-bond acceptors (Lipinski definition) is 10. The van der Waals surface area contributed by atoms with Crippen LogP contribution in [0.4, 0.5) is 19.0 Å². The Morgan fingerprint density at radius 2 is 1.98 bits per heavy atom. The van der Waals surface area contributed by atoms with Crippen LogP contribution in [0.1, 0.15) is 30.3 Å². The summed E-state index contributed by atoms with van der Waals surface area (Å²) in [5.74, 6) is 1.28. The van der Waals surface area contributed by atoms with Gasteiger partial charge in [0.1, 0.15) is 17.0 Å². The van der Waals surface area contributed by atoms with E-state index >= 15 is 0 Å². The molecule has 13 heteroatoms. The number of anilines is 1. The Morgan fingerprint density at radius 1 is 1.20 bits per heavy atom. The fraction of sp³-hybridized carbons (Fsp3) is 0.429. The molecule has 41 heavy (non-hydrogen) atoms. The highest BCUT2D eigenvalue weighted by atomic mass is 32.1. The lowest BCUT2D eigenvalue weighted by atomic mass is 10.1. The Morgan fingerprint density at radius 3 is 2.66 bits per heavy atom. The molecule has 0 unspecified atom stereocenters. The van der Waals surface area contributed by atoms with Gasteiger partial charge in [-0.1, -0.05) is 30.4 Å². The van der Waals surface area contributed by atoms with Crippen molar-refractivity contribution in [3.63, 3.8) is 0 Å². The van der Waals surface area contributed by atoms with Gasteiger partial charge in [0.25, 0.3) is 5.88 Å². The highest BCUT2D eigenvalue weighted by molar-refractivity contribution is 7.18. The number of allylic oxidation sites excluding steroid dienone is 4. The summed E-state index contributed by atoms with van der Waals surface area (Å²) in [5, 5.41) is 23.1. The van der Waals surface area contributed by atoms with Crippen LogP contribution in [0.5, 0.6) is 11.6 Å². The van der Waals surface area contributed by atoms with Gasteiger partial charge in [-0.05, 0) is 25.8 Å². The van der Waals surface area contributed by atoms with Gasteiger partial charge in [-0.25, -0.2) is 9.97 Å². The lowest BCUT2D eigenvalue weighted by Crippen LogP contribution is -2.38. The van der Waals surface area contributed by atoms with Crippen LogP contribution in [-0.4, -0.2) is 77.4 Å². The van der Waals surface area contributed by atoms with Crippen molar-refractivity contribution in [1.29, 1.82) is 0 Å². The second-order valence-corrected chi connectivity index (χ2v) is 11.0. The van der Waals surface area contributed by atoms with Crippen LogP contribution in [0.3, 0.4) is 0 Å². The lowest BCUT2D eigenvalue weighted by molar-refractivity contribution is -0.126. The Bertz CT molecular complexity index is 1440. The minimum absolute atomic E-state index is 0.0426. The summed E-state index contributed by atoms with van der Waals surface area (Å²) in [5.41, 5.74) is 2.41. The van der Waals surface area contributed by atoms with Gasteiger partial charge in [-0.3, -0.25) is 0 Å². The van der Waals surface area contributed by atoms with E-state index in [1.165, 1.54) is 26.6 Å². The van der Waals surface area contributed by atoms with Crippen molar-refractivity contribution in [2.24, 2.45) is 0 Å². The molecule has 3 heterocycles. The third kappa shape index (κ3) is 7.40. The van der Waals surface area contributed by atoms with Crippen LogP contribution in [0, 0.1) is 0 Å². The lowest BCUT2D eigenvalue weighted by Gasteiger charge is -2.28. The van der Waals surface area contributed by atoms with E-state index in [2.05, 4.69) is 32.1 Å². The van der Waals surface area contributed by atoms with Gasteiger partial charge >= 0.3 is 6.18 Å². The van der Waals surface area contributed by atoms with Crippen LogP contribution in [0.2, 0.25) is 0 Å². The number of alkyl halides is 3. The number of aromatic nitrogens is 4. The number of ether oxygens (including phenoxy) is 2. The zero-order valence-corrected chi connectivity index (χ0v) is 24.1. The highest BCUT2D eigenvalue weighted by Gasteiger charge is 2.37. The Hall–Kier alpha value is -3.55. The van der Waals surface area contributed by atoms with E-state index in [9.17, 15) is 18.3 Å². The molecule has 0 amide bonds. The van der Waals surface area contributed by atoms with Crippen molar-refractivity contribution < 1.29 is 27.8 Å². The predicted octanol–water partition coefficient (Wildman–Crippen LogP) is 4.74. The number of halogens is 3. The second-order valence-electron chi connectivity index (χ2n) is 9.86. The summed E-state index contributed by atoms with van der Waals surface area (Å²) < 4.78 is 49.2. The van der Waals surface area contributed by atoms with Crippen molar-refractivity contribution >= 4 is 32.9 Å². The van der Waals surface area contributed by atoms with Gasteiger partial charge in [-0.2, -0.15) is 13.2 Å². The number of aliphatic hydroxyl groups excluding tert-OH is 1. The Kier molecular flexibility index (Phi) is 9.61. The van der Waals surface area contributed by atoms with Crippen molar-refractivity contribution in [3.8, 4) is 11.6 Å².